The molecule has 1 amide bonds. The van der Waals surface area contributed by atoms with Gasteiger partial charge in [-0.05, 0) is 46.7 Å². The molecule has 0 saturated heterocycles. The summed E-state index contributed by atoms with van der Waals surface area (Å²) in [6, 6.07) is 16.9. The predicted molar refractivity (Wildman–Crippen MR) is 128 cm³/mol. The van der Waals surface area contributed by atoms with Gasteiger partial charge in [-0.2, -0.15) is 4.31 Å². The molecule has 3 heterocycles. The molecule has 0 spiro atoms. The van der Waals surface area contributed by atoms with Crippen LogP contribution in [-0.4, -0.2) is 34.7 Å². The van der Waals surface area contributed by atoms with E-state index in [1.54, 1.807) is 24.0 Å². The summed E-state index contributed by atoms with van der Waals surface area (Å²) in [6.07, 6.45) is 5.97. The fourth-order valence-corrected chi connectivity index (χ4v) is 6.72. The zero-order valence-electron chi connectivity index (χ0n) is 17.7. The SMILES string of the molecule is O=C(Nc1cccc(Cn2ccnc2)c1)c1sccc1S(=O)(=O)N1CCc2ccccc2C1. The molecule has 0 atom stereocenters. The number of imidazole rings is 1. The number of benzene rings is 2. The summed E-state index contributed by atoms with van der Waals surface area (Å²) in [5.74, 6) is -0.430. The normalized spacial score (nSPS) is 14.1. The van der Waals surface area contributed by atoms with Gasteiger partial charge in [-0.1, -0.05) is 36.4 Å². The number of rotatable bonds is 6. The van der Waals surface area contributed by atoms with Crippen molar-refractivity contribution in [3.8, 4) is 0 Å². The molecule has 1 aliphatic heterocycles. The van der Waals surface area contributed by atoms with Crippen molar-refractivity contribution in [3.63, 3.8) is 0 Å². The van der Waals surface area contributed by atoms with Crippen molar-refractivity contribution in [3.05, 3.63) is 100 Å². The first-order valence-corrected chi connectivity index (χ1v) is 12.8. The molecule has 0 radical (unpaired) electrons. The van der Waals surface area contributed by atoms with E-state index in [0.29, 0.717) is 31.7 Å². The van der Waals surface area contributed by atoms with E-state index in [2.05, 4.69) is 10.3 Å². The number of nitrogens with one attached hydrogen (secondary N) is 1. The zero-order valence-corrected chi connectivity index (χ0v) is 19.3. The first-order valence-electron chi connectivity index (χ1n) is 10.5. The number of nitrogens with zero attached hydrogens (tertiary/aromatic N) is 3. The van der Waals surface area contributed by atoms with E-state index in [4.69, 9.17) is 0 Å². The Morgan fingerprint density at radius 3 is 2.76 bits per heavy atom. The molecule has 0 saturated carbocycles. The van der Waals surface area contributed by atoms with Gasteiger partial charge >= 0.3 is 0 Å². The van der Waals surface area contributed by atoms with Crippen LogP contribution in [0.3, 0.4) is 0 Å². The first-order chi connectivity index (χ1) is 16.0. The number of carbonyl (C=O) groups is 1. The molecule has 7 nitrogen and oxygen atoms in total. The summed E-state index contributed by atoms with van der Waals surface area (Å²) in [5, 5.41) is 4.51. The van der Waals surface area contributed by atoms with E-state index in [-0.39, 0.29) is 9.77 Å². The molecule has 0 fully saturated rings. The van der Waals surface area contributed by atoms with Crippen LogP contribution < -0.4 is 5.32 Å². The van der Waals surface area contributed by atoms with Gasteiger partial charge in [-0.25, -0.2) is 13.4 Å². The minimum absolute atomic E-state index is 0.0546. The molecule has 9 heteroatoms. The van der Waals surface area contributed by atoms with Crippen molar-refractivity contribution in [1.82, 2.24) is 13.9 Å². The Balaban J connectivity index is 1.35. The number of hydrogen-bond donors (Lipinski definition) is 1. The third-order valence-corrected chi connectivity index (χ3v) is 8.59. The Morgan fingerprint density at radius 1 is 1.09 bits per heavy atom. The van der Waals surface area contributed by atoms with E-state index in [1.807, 2.05) is 53.2 Å². The van der Waals surface area contributed by atoms with Crippen molar-refractivity contribution >= 4 is 33.0 Å². The van der Waals surface area contributed by atoms with Crippen LogP contribution in [0.4, 0.5) is 5.69 Å². The molecule has 0 unspecified atom stereocenters. The maximum Gasteiger partial charge on any atom is 0.267 e. The van der Waals surface area contributed by atoms with Crippen molar-refractivity contribution < 1.29 is 13.2 Å². The molecule has 5 rings (SSSR count). The van der Waals surface area contributed by atoms with Crippen molar-refractivity contribution in [2.24, 2.45) is 0 Å². The number of amides is 1. The van der Waals surface area contributed by atoms with Crippen LogP contribution in [0.25, 0.3) is 0 Å². The minimum Gasteiger partial charge on any atom is -0.333 e. The van der Waals surface area contributed by atoms with Crippen LogP contribution in [0, 0.1) is 0 Å². The molecule has 2 aromatic heterocycles. The second kappa shape index (κ2) is 8.93. The van der Waals surface area contributed by atoms with E-state index in [1.165, 1.54) is 15.9 Å². The van der Waals surface area contributed by atoms with Crippen LogP contribution in [0.5, 0.6) is 0 Å². The zero-order chi connectivity index (χ0) is 22.8. The van der Waals surface area contributed by atoms with E-state index in [9.17, 15) is 13.2 Å². The van der Waals surface area contributed by atoms with Crippen LogP contribution in [-0.2, 0) is 29.5 Å². The van der Waals surface area contributed by atoms with Gasteiger partial charge in [-0.3, -0.25) is 4.79 Å². The highest BCUT2D eigenvalue weighted by molar-refractivity contribution is 7.89. The van der Waals surface area contributed by atoms with Gasteiger partial charge in [-0.15, -0.1) is 11.3 Å². The largest absolute Gasteiger partial charge is 0.333 e. The van der Waals surface area contributed by atoms with Crippen LogP contribution >= 0.6 is 11.3 Å². The molecule has 0 bridgehead atoms. The Kier molecular flexibility index (Phi) is 5.84. The van der Waals surface area contributed by atoms with E-state index >= 15 is 0 Å². The quantitative estimate of drug-likeness (QED) is 0.454. The van der Waals surface area contributed by atoms with Gasteiger partial charge in [0, 0.05) is 37.7 Å². The lowest BCUT2D eigenvalue weighted by Gasteiger charge is -2.28. The topological polar surface area (TPSA) is 84.3 Å². The smallest absolute Gasteiger partial charge is 0.267 e. The maximum absolute atomic E-state index is 13.4. The van der Waals surface area contributed by atoms with Crippen LogP contribution in [0.2, 0.25) is 0 Å². The number of hydrogen-bond acceptors (Lipinski definition) is 5. The lowest BCUT2D eigenvalue weighted by atomic mass is 10.0. The van der Waals surface area contributed by atoms with Crippen LogP contribution in [0.15, 0.2) is 83.6 Å². The Morgan fingerprint density at radius 2 is 1.94 bits per heavy atom. The van der Waals surface area contributed by atoms with Gasteiger partial charge in [0.25, 0.3) is 5.91 Å². The number of thiophene rings is 1. The highest BCUT2D eigenvalue weighted by atomic mass is 32.2. The Hall–Kier alpha value is -3.27. The average molecular weight is 479 g/mol. The Labute approximate surface area is 196 Å². The number of aromatic nitrogens is 2. The molecule has 168 valence electrons. The standard InChI is InChI=1S/C24H22N4O3S2/c29-24(26-21-7-3-4-18(14-21)15-27-12-10-25-17-27)23-22(9-13-32-23)33(30,31)28-11-8-19-5-1-2-6-20(19)16-28/h1-7,9-10,12-14,17H,8,11,15-16H2,(H,26,29). The van der Waals surface area contributed by atoms with Gasteiger partial charge < -0.3 is 9.88 Å². The summed E-state index contributed by atoms with van der Waals surface area (Å²) in [4.78, 5) is 17.3. The summed E-state index contributed by atoms with van der Waals surface area (Å²) < 4.78 is 30.2. The molecule has 1 aliphatic rings. The third kappa shape index (κ3) is 4.47. The molecule has 1 N–H and O–H groups in total. The molecule has 4 aromatic rings. The highest BCUT2D eigenvalue weighted by Gasteiger charge is 2.32. The predicted octanol–water partition coefficient (Wildman–Crippen LogP) is 3.99. The van der Waals surface area contributed by atoms with Crippen LogP contribution in [0.1, 0.15) is 26.4 Å². The van der Waals surface area contributed by atoms with Crippen molar-refractivity contribution in [2.45, 2.75) is 24.4 Å². The highest BCUT2D eigenvalue weighted by Crippen LogP contribution is 2.30. The lowest BCUT2D eigenvalue weighted by molar-refractivity contribution is 0.102. The van der Waals surface area contributed by atoms with Gasteiger partial charge in [0.15, 0.2) is 0 Å². The molecule has 0 aliphatic carbocycles. The second-order valence-electron chi connectivity index (χ2n) is 7.86. The second-order valence-corrected chi connectivity index (χ2v) is 10.7. The fourth-order valence-electron chi connectivity index (χ4n) is 4.01. The third-order valence-electron chi connectivity index (χ3n) is 5.66. The monoisotopic (exact) mass is 478 g/mol. The summed E-state index contributed by atoms with van der Waals surface area (Å²) in [6.45, 7) is 1.33. The minimum atomic E-state index is -3.80. The summed E-state index contributed by atoms with van der Waals surface area (Å²) in [7, 11) is -3.80. The first kappa shape index (κ1) is 21.6. The lowest BCUT2D eigenvalue weighted by Crippen LogP contribution is -2.36. The van der Waals surface area contributed by atoms with Crippen molar-refractivity contribution in [2.75, 3.05) is 11.9 Å². The molecule has 33 heavy (non-hydrogen) atoms. The summed E-state index contributed by atoms with van der Waals surface area (Å²) >= 11 is 1.13. The Bertz CT molecular complexity index is 1390. The average Bonchev–Trinajstić information content (AvgIpc) is 3.51. The van der Waals surface area contributed by atoms with Crippen molar-refractivity contribution in [1.29, 1.82) is 0 Å². The fraction of sp³-hybridized carbons (Fsp3) is 0.167. The number of sulfonamides is 1. The maximum atomic E-state index is 13.4. The van der Waals surface area contributed by atoms with Gasteiger partial charge in [0.1, 0.15) is 9.77 Å². The van der Waals surface area contributed by atoms with Gasteiger partial charge in [0.05, 0.1) is 6.33 Å². The molecular formula is C24H22N4O3S2. The van der Waals surface area contributed by atoms with E-state index in [0.717, 1.165) is 22.5 Å². The molecular weight excluding hydrogens is 456 g/mol. The summed E-state index contributed by atoms with van der Waals surface area (Å²) in [5.41, 5.74) is 3.78. The number of carbonyl (C=O) groups excluding carboxylic acids is 1. The van der Waals surface area contributed by atoms with Gasteiger partial charge in [0.2, 0.25) is 10.0 Å². The number of fused-ring (bicyclic) bond motifs is 1. The molecule has 2 aromatic carbocycles. The van der Waals surface area contributed by atoms with E-state index < -0.39 is 15.9 Å². The number of anilines is 1.